The third-order valence-electron chi connectivity index (χ3n) is 15.7. The molecular formula is C63H78N8O12. The summed E-state index contributed by atoms with van der Waals surface area (Å²) in [6, 6.07) is 36.2. The van der Waals surface area contributed by atoms with Gasteiger partial charge in [0.05, 0.1) is 25.4 Å². The number of nitrogens with one attached hydrogen (secondary N) is 3. The van der Waals surface area contributed by atoms with Crippen LogP contribution in [0.4, 0.5) is 11.4 Å². The number of aliphatic hydroxyl groups is 6. The van der Waals surface area contributed by atoms with Crippen LogP contribution in [-0.4, -0.2) is 167 Å². The van der Waals surface area contributed by atoms with E-state index in [1.165, 1.54) is 11.8 Å². The van der Waals surface area contributed by atoms with E-state index in [4.69, 9.17) is 18.6 Å². The summed E-state index contributed by atoms with van der Waals surface area (Å²) in [7, 11) is 1.87. The van der Waals surface area contributed by atoms with Gasteiger partial charge in [-0.05, 0) is 115 Å². The molecule has 2 unspecified atom stereocenters. The van der Waals surface area contributed by atoms with Crippen molar-refractivity contribution in [3.8, 4) is 34.7 Å². The molecule has 20 nitrogen and oxygen atoms in total. The Balaban J connectivity index is 0.000000237. The van der Waals surface area contributed by atoms with Crippen LogP contribution < -0.4 is 20.9 Å². The molecule has 4 aromatic carbocycles. The number of hydrogen-bond donors (Lipinski definition) is 9. The van der Waals surface area contributed by atoms with Gasteiger partial charge in [0.2, 0.25) is 0 Å². The monoisotopic (exact) mass is 1140 g/mol. The summed E-state index contributed by atoms with van der Waals surface area (Å²) in [5, 5.41) is 92.9. The van der Waals surface area contributed by atoms with Gasteiger partial charge in [-0.2, -0.15) is 10.5 Å². The Hall–Kier alpha value is -7.44. The van der Waals surface area contributed by atoms with Gasteiger partial charge in [0.25, 0.3) is 11.8 Å². The van der Waals surface area contributed by atoms with Gasteiger partial charge in [-0.15, -0.1) is 0 Å². The molecule has 20 heteroatoms. The van der Waals surface area contributed by atoms with Crippen molar-refractivity contribution in [2.45, 2.75) is 91.2 Å². The molecule has 0 spiro atoms. The Labute approximate surface area is 484 Å². The number of allylic oxidation sites excluding steroid dienone is 1. The second-order valence-electron chi connectivity index (χ2n) is 21.0. The zero-order chi connectivity index (χ0) is 58.8. The van der Waals surface area contributed by atoms with E-state index < -0.39 is 72.9 Å². The van der Waals surface area contributed by atoms with Crippen LogP contribution in [-0.2, 0) is 30.8 Å². The van der Waals surface area contributed by atoms with Crippen molar-refractivity contribution in [2.75, 3.05) is 75.8 Å². The number of nitrogens with zero attached hydrogens (tertiary/aromatic N) is 5. The summed E-state index contributed by atoms with van der Waals surface area (Å²) >= 11 is 0. The number of furan rings is 1. The van der Waals surface area contributed by atoms with Gasteiger partial charge in [-0.1, -0.05) is 57.7 Å². The Kier molecular flexibility index (Phi) is 21.8. The lowest BCUT2D eigenvalue weighted by Crippen LogP contribution is -2.56. The van der Waals surface area contributed by atoms with Crippen LogP contribution in [0.25, 0.3) is 55.8 Å². The smallest absolute Gasteiger partial charge is 0.262 e. The molecule has 0 saturated carbocycles. The molecule has 6 aromatic rings. The van der Waals surface area contributed by atoms with E-state index in [0.29, 0.717) is 22.8 Å². The minimum Gasteiger partial charge on any atom is -0.456 e. The summed E-state index contributed by atoms with van der Waals surface area (Å²) in [6.45, 7) is 15.9. The molecule has 3 saturated heterocycles. The minimum absolute atomic E-state index is 0. The number of benzene rings is 4. The highest BCUT2D eigenvalue weighted by atomic mass is 16.6. The molecule has 0 aliphatic carbocycles. The number of aromatic nitrogens is 1. The number of nitriles is 2. The molecular weight excluding hydrogens is 1060 g/mol. The fourth-order valence-corrected chi connectivity index (χ4v) is 10.3. The molecule has 10 atom stereocenters. The quantitative estimate of drug-likeness (QED) is 0.0388. The van der Waals surface area contributed by atoms with Gasteiger partial charge in [-0.25, -0.2) is 0 Å². The zero-order valence-electron chi connectivity index (χ0n) is 47.0. The van der Waals surface area contributed by atoms with Crippen molar-refractivity contribution in [1.29, 1.82) is 10.5 Å². The normalized spacial score (nSPS) is 24.0. The first kappa shape index (κ1) is 63.1. The maximum absolute atomic E-state index is 12.9. The van der Waals surface area contributed by atoms with Crippen LogP contribution >= 0.6 is 0 Å². The van der Waals surface area contributed by atoms with Gasteiger partial charge in [0, 0.05) is 105 Å². The number of fused-ring (bicyclic) bond motifs is 2. The van der Waals surface area contributed by atoms with Crippen molar-refractivity contribution < 1.29 is 58.9 Å². The number of amides is 2. The molecule has 9 rings (SSSR count). The van der Waals surface area contributed by atoms with Crippen LogP contribution in [0, 0.1) is 34.5 Å². The van der Waals surface area contributed by atoms with Crippen LogP contribution in [0.1, 0.15) is 53.5 Å². The van der Waals surface area contributed by atoms with Crippen molar-refractivity contribution >= 4 is 56.4 Å². The highest BCUT2D eigenvalue weighted by molar-refractivity contribution is 6.04. The average Bonchev–Trinajstić information content (AvgIpc) is 4.26. The third-order valence-corrected chi connectivity index (χ3v) is 15.7. The van der Waals surface area contributed by atoms with Crippen LogP contribution in [0.15, 0.2) is 113 Å². The number of hydrogen-bond acceptors (Lipinski definition) is 17. The molecule has 3 aliphatic rings. The molecule has 5 heterocycles. The third kappa shape index (κ3) is 14.9. The SMILES string of the molecule is C.C/C(=C(/C#N)C(=O)NC[C@H]1OC(O)[C@H](C)[C@@H](O)[C@@H]1O)c1ccc(-c2ccc3cc(NCCN4CCOCC4)ccc3c2)o1.CCN(CC)c1ccc2cc(-c3ccc(/C=C(\C#N)C(=O)NC[C@H]4OC(O)[C@H](C)[C@@H](O)[C@@H]4O)n3C)ccc2c1. The Morgan fingerprint density at radius 1 is 0.699 bits per heavy atom. The maximum Gasteiger partial charge on any atom is 0.262 e. The van der Waals surface area contributed by atoms with Crippen molar-refractivity contribution in [1.82, 2.24) is 20.1 Å². The molecule has 2 amide bonds. The first-order chi connectivity index (χ1) is 39.4. The molecule has 442 valence electrons. The Morgan fingerprint density at radius 3 is 1.88 bits per heavy atom. The van der Waals surface area contributed by atoms with Gasteiger partial charge in [0.15, 0.2) is 12.6 Å². The minimum atomic E-state index is -1.30. The fraction of sp³-hybridized carbons (Fsp3) is 0.429. The van der Waals surface area contributed by atoms with E-state index >= 15 is 0 Å². The maximum atomic E-state index is 12.9. The van der Waals surface area contributed by atoms with E-state index in [1.54, 1.807) is 32.9 Å². The summed E-state index contributed by atoms with van der Waals surface area (Å²) in [6.07, 6.45) is -8.07. The van der Waals surface area contributed by atoms with E-state index in [9.17, 15) is 50.8 Å². The van der Waals surface area contributed by atoms with Crippen molar-refractivity contribution in [2.24, 2.45) is 18.9 Å². The number of anilines is 2. The topological polar surface area (TPSA) is 291 Å². The Bertz CT molecular complexity index is 3350. The van der Waals surface area contributed by atoms with Gasteiger partial charge < -0.3 is 74.7 Å². The first-order valence-corrected chi connectivity index (χ1v) is 27.7. The second-order valence-corrected chi connectivity index (χ2v) is 21.0. The van der Waals surface area contributed by atoms with E-state index in [-0.39, 0.29) is 31.7 Å². The Morgan fingerprint density at radius 2 is 1.27 bits per heavy atom. The second kappa shape index (κ2) is 28.7. The largest absolute Gasteiger partial charge is 0.456 e. The van der Waals surface area contributed by atoms with Gasteiger partial charge in [0.1, 0.15) is 59.2 Å². The van der Waals surface area contributed by atoms with Crippen LogP contribution in [0.2, 0.25) is 0 Å². The lowest BCUT2D eigenvalue weighted by Gasteiger charge is -2.39. The highest BCUT2D eigenvalue weighted by Gasteiger charge is 2.43. The highest BCUT2D eigenvalue weighted by Crippen LogP contribution is 2.33. The number of morpholine rings is 1. The lowest BCUT2D eigenvalue weighted by molar-refractivity contribution is -0.258. The van der Waals surface area contributed by atoms with Crippen molar-refractivity contribution in [3.63, 3.8) is 0 Å². The van der Waals surface area contributed by atoms with E-state index in [1.807, 2.05) is 54.1 Å². The number of aliphatic hydroxyl groups excluding tert-OH is 6. The van der Waals surface area contributed by atoms with Crippen LogP contribution in [0.5, 0.6) is 0 Å². The predicted molar refractivity (Wildman–Crippen MR) is 318 cm³/mol. The van der Waals surface area contributed by atoms with Crippen molar-refractivity contribution in [3.05, 3.63) is 120 Å². The van der Waals surface area contributed by atoms with Gasteiger partial charge >= 0.3 is 0 Å². The number of ether oxygens (including phenoxy) is 3. The number of carbonyl (C=O) groups excluding carboxylic acids is 2. The molecule has 83 heavy (non-hydrogen) atoms. The van der Waals surface area contributed by atoms with E-state index in [2.05, 4.69) is 94.2 Å². The zero-order valence-corrected chi connectivity index (χ0v) is 47.0. The molecule has 0 radical (unpaired) electrons. The predicted octanol–water partition coefficient (Wildman–Crippen LogP) is 5.76. The standard InChI is InChI=1S/C32H38N4O7.C30H36N4O5.CH4/c1-19(25(17-33)31(39)35-18-28-30(38)29(37)20(2)32(40)43-28)26-7-8-27(42-26)23-4-3-22-16-24(6-5-21(22)15-23)34-9-10-36-11-13-41-14-12-36;1-5-34(6-2)24-10-9-19-13-21(8-7-20(19)14-24)25-12-11-23(33(25)4)15-22(16-31)29(37)32-17-26-28(36)27(35)18(3)30(38)39-26;/h3-8,15-16,20,28-30,32,34,37-38,40H,9-14,18H2,1-2H3,(H,35,39);7-15,18,26-28,30,35-36,38H,5-6,17H2,1-4H3,(H,32,37);1H4/b25-19+;22-15+;/t20-,28-,29-,30-,32?;18-,26-,27-,28-,30?;/m11./s1. The number of carbonyl (C=O) groups is 2. The lowest BCUT2D eigenvalue weighted by atomic mass is 9.92. The first-order valence-electron chi connectivity index (χ1n) is 27.7. The fourth-order valence-electron chi connectivity index (χ4n) is 10.3. The summed E-state index contributed by atoms with van der Waals surface area (Å²) in [5.41, 5.74) is 5.79. The summed E-state index contributed by atoms with van der Waals surface area (Å²) < 4.78 is 24.0. The molecule has 3 fully saturated rings. The van der Waals surface area contributed by atoms with Crippen LogP contribution in [0.3, 0.4) is 0 Å². The van der Waals surface area contributed by atoms with E-state index in [0.717, 1.165) is 96.5 Å². The number of rotatable bonds is 17. The van der Waals surface area contributed by atoms with Gasteiger partial charge in [-0.3, -0.25) is 14.5 Å². The summed E-state index contributed by atoms with van der Waals surface area (Å²) in [5.74, 6) is -1.71. The molecule has 9 N–H and O–H groups in total. The molecule has 0 bridgehead atoms. The molecule has 3 aliphatic heterocycles. The average molecular weight is 1140 g/mol. The molecule has 2 aromatic heterocycles. The summed E-state index contributed by atoms with van der Waals surface area (Å²) in [4.78, 5) is 30.3.